The number of urea groups is 1. The Morgan fingerprint density at radius 2 is 1.74 bits per heavy atom. The fraction of sp³-hybridized carbons (Fsp3) is 0.500. The molecule has 1 saturated heterocycles. The molecule has 0 aromatic heterocycles. The number of ether oxygens (including phenoxy) is 2. The fourth-order valence-corrected chi connectivity index (χ4v) is 2.18. The monoisotopic (exact) mass is 264 g/mol. The van der Waals surface area contributed by atoms with Gasteiger partial charge in [-0.15, -0.1) is 0 Å². The first-order chi connectivity index (χ1) is 9.22. The van der Waals surface area contributed by atoms with Crippen molar-refractivity contribution < 1.29 is 14.3 Å². The lowest BCUT2D eigenvalue weighted by Gasteiger charge is -2.16. The topological polar surface area (TPSA) is 50.8 Å². The molecule has 5 heteroatoms. The van der Waals surface area contributed by atoms with Gasteiger partial charge in [0.15, 0.2) is 0 Å². The SMILES string of the molecule is COc1cc(CNC(=O)N2CCCC2)cc(OC)c1. The molecule has 0 radical (unpaired) electrons. The summed E-state index contributed by atoms with van der Waals surface area (Å²) in [6.45, 7) is 2.18. The van der Waals surface area contributed by atoms with Gasteiger partial charge in [-0.25, -0.2) is 4.79 Å². The molecule has 0 saturated carbocycles. The number of likely N-dealkylation sites (tertiary alicyclic amines) is 1. The number of carbonyl (C=O) groups excluding carboxylic acids is 1. The van der Waals surface area contributed by atoms with Gasteiger partial charge in [0.2, 0.25) is 0 Å². The van der Waals surface area contributed by atoms with Gasteiger partial charge in [-0.05, 0) is 30.5 Å². The van der Waals surface area contributed by atoms with Crippen LogP contribution in [-0.2, 0) is 6.54 Å². The van der Waals surface area contributed by atoms with Gasteiger partial charge in [0, 0.05) is 25.7 Å². The van der Waals surface area contributed by atoms with E-state index in [4.69, 9.17) is 9.47 Å². The Balaban J connectivity index is 1.96. The van der Waals surface area contributed by atoms with Crippen LogP contribution in [0.15, 0.2) is 18.2 Å². The van der Waals surface area contributed by atoms with E-state index in [1.165, 1.54) is 0 Å². The van der Waals surface area contributed by atoms with Crippen molar-refractivity contribution in [1.29, 1.82) is 0 Å². The second kappa shape index (κ2) is 6.31. The zero-order valence-electron chi connectivity index (χ0n) is 11.4. The molecule has 2 amide bonds. The van der Waals surface area contributed by atoms with Crippen molar-refractivity contribution in [1.82, 2.24) is 10.2 Å². The first-order valence-electron chi connectivity index (χ1n) is 6.47. The van der Waals surface area contributed by atoms with Gasteiger partial charge < -0.3 is 19.7 Å². The maximum atomic E-state index is 11.9. The van der Waals surface area contributed by atoms with E-state index in [1.807, 2.05) is 23.1 Å². The van der Waals surface area contributed by atoms with Crippen LogP contribution in [-0.4, -0.2) is 38.2 Å². The summed E-state index contributed by atoms with van der Waals surface area (Å²) in [6, 6.07) is 5.60. The van der Waals surface area contributed by atoms with Crippen molar-refractivity contribution in [2.24, 2.45) is 0 Å². The number of amides is 2. The molecule has 0 aliphatic carbocycles. The summed E-state index contributed by atoms with van der Waals surface area (Å²) in [6.07, 6.45) is 2.20. The fourth-order valence-electron chi connectivity index (χ4n) is 2.18. The highest BCUT2D eigenvalue weighted by atomic mass is 16.5. The van der Waals surface area contributed by atoms with Crippen LogP contribution in [0.4, 0.5) is 4.79 Å². The Hall–Kier alpha value is -1.91. The molecule has 104 valence electrons. The Morgan fingerprint density at radius 1 is 1.16 bits per heavy atom. The largest absolute Gasteiger partial charge is 0.497 e. The maximum Gasteiger partial charge on any atom is 0.317 e. The van der Waals surface area contributed by atoms with Gasteiger partial charge in [-0.3, -0.25) is 0 Å². The van der Waals surface area contributed by atoms with Crippen molar-refractivity contribution in [2.45, 2.75) is 19.4 Å². The molecule has 1 aliphatic rings. The predicted molar refractivity (Wildman–Crippen MR) is 72.6 cm³/mol. The zero-order chi connectivity index (χ0) is 13.7. The minimum Gasteiger partial charge on any atom is -0.497 e. The highest BCUT2D eigenvalue weighted by molar-refractivity contribution is 5.74. The molecule has 0 spiro atoms. The van der Waals surface area contributed by atoms with E-state index in [1.54, 1.807) is 14.2 Å². The molecular formula is C14H20N2O3. The molecule has 19 heavy (non-hydrogen) atoms. The Labute approximate surface area is 113 Å². The number of rotatable bonds is 4. The Bertz CT molecular complexity index is 420. The average molecular weight is 264 g/mol. The van der Waals surface area contributed by atoms with Crippen molar-refractivity contribution in [3.63, 3.8) is 0 Å². The molecule has 1 aromatic rings. The van der Waals surface area contributed by atoms with Crippen LogP contribution in [0.1, 0.15) is 18.4 Å². The van der Waals surface area contributed by atoms with Gasteiger partial charge in [-0.1, -0.05) is 0 Å². The molecular weight excluding hydrogens is 244 g/mol. The third-order valence-electron chi connectivity index (χ3n) is 3.25. The number of benzene rings is 1. The second-order valence-electron chi connectivity index (χ2n) is 4.57. The van der Waals surface area contributed by atoms with Gasteiger partial charge >= 0.3 is 6.03 Å². The molecule has 5 nitrogen and oxygen atoms in total. The van der Waals surface area contributed by atoms with Gasteiger partial charge in [0.1, 0.15) is 11.5 Å². The smallest absolute Gasteiger partial charge is 0.317 e. The maximum absolute atomic E-state index is 11.9. The number of carbonyl (C=O) groups is 1. The first kappa shape index (κ1) is 13.5. The van der Waals surface area contributed by atoms with Crippen molar-refractivity contribution in [3.05, 3.63) is 23.8 Å². The van der Waals surface area contributed by atoms with Crippen LogP contribution < -0.4 is 14.8 Å². The molecule has 0 atom stereocenters. The minimum absolute atomic E-state index is 0.000660. The first-order valence-corrected chi connectivity index (χ1v) is 6.47. The predicted octanol–water partition coefficient (Wildman–Crippen LogP) is 2.01. The highest BCUT2D eigenvalue weighted by Crippen LogP contribution is 2.22. The lowest BCUT2D eigenvalue weighted by molar-refractivity contribution is 0.208. The molecule has 2 rings (SSSR count). The van der Waals surface area contributed by atoms with E-state index in [0.717, 1.165) is 43.0 Å². The van der Waals surface area contributed by atoms with Crippen LogP contribution in [0, 0.1) is 0 Å². The average Bonchev–Trinajstić information content (AvgIpc) is 2.98. The third-order valence-corrected chi connectivity index (χ3v) is 3.25. The van der Waals surface area contributed by atoms with Crippen molar-refractivity contribution in [3.8, 4) is 11.5 Å². The van der Waals surface area contributed by atoms with Gasteiger partial charge in [0.05, 0.1) is 14.2 Å². The normalized spacial score (nSPS) is 14.3. The van der Waals surface area contributed by atoms with Crippen molar-refractivity contribution in [2.75, 3.05) is 27.3 Å². The van der Waals surface area contributed by atoms with Crippen LogP contribution >= 0.6 is 0 Å². The van der Waals surface area contributed by atoms with E-state index in [0.29, 0.717) is 6.54 Å². The number of nitrogens with zero attached hydrogens (tertiary/aromatic N) is 1. The van der Waals surface area contributed by atoms with Crippen LogP contribution in [0.3, 0.4) is 0 Å². The third kappa shape index (κ3) is 3.53. The van der Waals surface area contributed by atoms with Gasteiger partial charge in [-0.2, -0.15) is 0 Å². The van der Waals surface area contributed by atoms with E-state index in [-0.39, 0.29) is 6.03 Å². The highest BCUT2D eigenvalue weighted by Gasteiger charge is 2.17. The van der Waals surface area contributed by atoms with E-state index < -0.39 is 0 Å². The molecule has 1 heterocycles. The van der Waals surface area contributed by atoms with Gasteiger partial charge in [0.25, 0.3) is 0 Å². The quantitative estimate of drug-likeness (QED) is 0.905. The summed E-state index contributed by atoms with van der Waals surface area (Å²) < 4.78 is 10.4. The molecule has 1 fully saturated rings. The van der Waals surface area contributed by atoms with Crippen molar-refractivity contribution >= 4 is 6.03 Å². The van der Waals surface area contributed by atoms with Crippen LogP contribution in [0.5, 0.6) is 11.5 Å². The van der Waals surface area contributed by atoms with E-state index in [2.05, 4.69) is 5.32 Å². The van der Waals surface area contributed by atoms with Crippen LogP contribution in [0.25, 0.3) is 0 Å². The molecule has 1 N–H and O–H groups in total. The zero-order valence-corrected chi connectivity index (χ0v) is 11.4. The standard InChI is InChI=1S/C14H20N2O3/c1-18-12-7-11(8-13(9-12)19-2)10-15-14(17)16-5-3-4-6-16/h7-9H,3-6,10H2,1-2H3,(H,15,17). The lowest BCUT2D eigenvalue weighted by Crippen LogP contribution is -2.37. The van der Waals surface area contributed by atoms with Crippen LogP contribution in [0.2, 0.25) is 0 Å². The number of nitrogens with one attached hydrogen (secondary N) is 1. The molecule has 0 unspecified atom stereocenters. The number of hydrogen-bond acceptors (Lipinski definition) is 3. The summed E-state index contributed by atoms with van der Waals surface area (Å²) in [7, 11) is 3.22. The summed E-state index contributed by atoms with van der Waals surface area (Å²) >= 11 is 0. The summed E-state index contributed by atoms with van der Waals surface area (Å²) in [5.74, 6) is 1.45. The minimum atomic E-state index is -0.000660. The Morgan fingerprint density at radius 3 is 2.26 bits per heavy atom. The molecule has 0 bridgehead atoms. The summed E-state index contributed by atoms with van der Waals surface area (Å²) in [4.78, 5) is 13.7. The number of hydrogen-bond donors (Lipinski definition) is 1. The molecule has 1 aliphatic heterocycles. The second-order valence-corrected chi connectivity index (χ2v) is 4.57. The van der Waals surface area contributed by atoms with E-state index in [9.17, 15) is 4.79 Å². The molecule has 1 aromatic carbocycles. The van der Waals surface area contributed by atoms with E-state index >= 15 is 0 Å². The summed E-state index contributed by atoms with van der Waals surface area (Å²) in [5.41, 5.74) is 0.962. The number of methoxy groups -OCH3 is 2. The lowest BCUT2D eigenvalue weighted by atomic mass is 10.2. The Kier molecular flexibility index (Phi) is 4.49. The summed E-state index contributed by atoms with van der Waals surface area (Å²) in [5, 5.41) is 2.92.